The number of hydrogen-bond acceptors (Lipinski definition) is 6. The third-order valence-electron chi connectivity index (χ3n) is 8.69. The van der Waals surface area contributed by atoms with Crippen molar-refractivity contribution in [1.29, 1.82) is 0 Å². The molecule has 8 nitrogen and oxygen atoms in total. The van der Waals surface area contributed by atoms with Gasteiger partial charge < -0.3 is 19.8 Å². The van der Waals surface area contributed by atoms with Gasteiger partial charge in [0.1, 0.15) is 11.4 Å². The third kappa shape index (κ3) is 7.92. The Morgan fingerprint density at radius 2 is 1.67 bits per heavy atom. The minimum Gasteiger partial charge on any atom is -0.444 e. The van der Waals surface area contributed by atoms with Gasteiger partial charge in [-0.2, -0.15) is 0 Å². The Morgan fingerprint density at radius 3 is 2.19 bits per heavy atom. The van der Waals surface area contributed by atoms with Gasteiger partial charge in [0.25, 0.3) is 5.91 Å². The summed E-state index contributed by atoms with van der Waals surface area (Å²) in [7, 11) is -0.609. The molecule has 2 N–H and O–H groups in total. The van der Waals surface area contributed by atoms with Crippen molar-refractivity contribution in [3.63, 3.8) is 0 Å². The van der Waals surface area contributed by atoms with Gasteiger partial charge in [-0.05, 0) is 94.8 Å². The fraction of sp³-hybridized carbons (Fsp3) is 0.606. The van der Waals surface area contributed by atoms with Gasteiger partial charge in [-0.25, -0.2) is 9.78 Å². The molecule has 1 aliphatic carbocycles. The summed E-state index contributed by atoms with van der Waals surface area (Å²) in [6, 6.07) is 12.0. The zero-order chi connectivity index (χ0) is 30.9. The zero-order valence-electron chi connectivity index (χ0n) is 26.9. The molecule has 0 bridgehead atoms. The summed E-state index contributed by atoms with van der Waals surface area (Å²) in [6.07, 6.45) is 5.92. The smallest absolute Gasteiger partial charge is 0.410 e. The second-order valence-electron chi connectivity index (χ2n) is 14.4. The molecule has 2 fully saturated rings. The lowest BCUT2D eigenvalue weighted by Crippen LogP contribution is -2.50. The molecule has 9 heteroatoms. The molecule has 0 unspecified atom stereocenters. The highest BCUT2D eigenvalue weighted by Gasteiger charge is 2.48. The standard InChI is InChI=1S/C33H50N4O4Si/c1-32(2,3)40-31(39)37-26(20-22-10-12-23(13-11-22)30(38)34-7)17-18-27(37)29(41-42(8,9)33(4,5)6)24-14-19-28(35-21-24)36-25-15-16-25/h10-14,19,21,25-27,29H,15-18,20H2,1-9H3,(H,34,38)(H,35,36)/t26-,27+,29+/m0/s1. The van der Waals surface area contributed by atoms with Crippen LogP contribution in [0.25, 0.3) is 0 Å². The van der Waals surface area contributed by atoms with Gasteiger partial charge >= 0.3 is 6.09 Å². The highest BCUT2D eigenvalue weighted by molar-refractivity contribution is 6.74. The van der Waals surface area contributed by atoms with E-state index in [1.54, 1.807) is 7.05 Å². The summed E-state index contributed by atoms with van der Waals surface area (Å²) in [5.74, 6) is 0.760. The van der Waals surface area contributed by atoms with Crippen LogP contribution in [-0.4, -0.2) is 61.0 Å². The number of amides is 2. The van der Waals surface area contributed by atoms with Crippen LogP contribution in [-0.2, 0) is 15.6 Å². The van der Waals surface area contributed by atoms with E-state index in [4.69, 9.17) is 14.1 Å². The molecular formula is C33H50N4O4Si. The molecular weight excluding hydrogens is 544 g/mol. The van der Waals surface area contributed by atoms with Crippen LogP contribution in [0.15, 0.2) is 42.6 Å². The maximum absolute atomic E-state index is 13.9. The lowest BCUT2D eigenvalue weighted by atomic mass is 10.0. The Kier molecular flexibility index (Phi) is 9.42. The van der Waals surface area contributed by atoms with Gasteiger partial charge in [-0.15, -0.1) is 0 Å². The Balaban J connectivity index is 1.67. The minimum absolute atomic E-state index is 0.00652. The van der Waals surface area contributed by atoms with Crippen molar-refractivity contribution < 1.29 is 18.8 Å². The molecule has 1 aromatic carbocycles. The van der Waals surface area contributed by atoms with Gasteiger partial charge in [0, 0.05) is 36.5 Å². The second kappa shape index (κ2) is 12.4. The summed E-state index contributed by atoms with van der Waals surface area (Å²) in [4.78, 5) is 32.7. The van der Waals surface area contributed by atoms with Crippen LogP contribution in [0.2, 0.25) is 18.1 Å². The number of carbonyl (C=O) groups is 2. The third-order valence-corrected chi connectivity index (χ3v) is 13.1. The number of anilines is 1. The Morgan fingerprint density at radius 1 is 1.00 bits per heavy atom. The number of pyridine rings is 1. The lowest BCUT2D eigenvalue weighted by Gasteiger charge is -2.43. The highest BCUT2D eigenvalue weighted by Crippen LogP contribution is 2.44. The van der Waals surface area contributed by atoms with E-state index in [1.165, 1.54) is 12.8 Å². The maximum Gasteiger partial charge on any atom is 0.410 e. The van der Waals surface area contributed by atoms with E-state index in [0.29, 0.717) is 18.0 Å². The summed E-state index contributed by atoms with van der Waals surface area (Å²) >= 11 is 0. The van der Waals surface area contributed by atoms with Crippen molar-refractivity contribution in [2.24, 2.45) is 0 Å². The van der Waals surface area contributed by atoms with E-state index in [2.05, 4.69) is 50.6 Å². The van der Waals surface area contributed by atoms with E-state index in [0.717, 1.165) is 29.8 Å². The van der Waals surface area contributed by atoms with Gasteiger partial charge in [-0.3, -0.25) is 9.69 Å². The first-order chi connectivity index (χ1) is 19.6. The molecule has 0 spiro atoms. The highest BCUT2D eigenvalue weighted by atomic mass is 28.4. The number of rotatable bonds is 9. The second-order valence-corrected chi connectivity index (χ2v) is 19.1. The van der Waals surface area contributed by atoms with Crippen molar-refractivity contribution >= 4 is 26.1 Å². The van der Waals surface area contributed by atoms with Crippen LogP contribution in [0, 0.1) is 0 Å². The Hall–Kier alpha value is -2.91. The number of hydrogen-bond donors (Lipinski definition) is 2. The minimum atomic E-state index is -2.24. The van der Waals surface area contributed by atoms with Gasteiger partial charge in [0.2, 0.25) is 0 Å². The monoisotopic (exact) mass is 594 g/mol. The first kappa shape index (κ1) is 32.0. The molecule has 1 aromatic heterocycles. The number of benzene rings is 1. The average Bonchev–Trinajstić information content (AvgIpc) is 3.62. The summed E-state index contributed by atoms with van der Waals surface area (Å²) in [5, 5.41) is 6.13. The number of ether oxygens (including phenoxy) is 1. The van der Waals surface area contributed by atoms with Crippen molar-refractivity contribution in [2.75, 3.05) is 12.4 Å². The predicted molar refractivity (Wildman–Crippen MR) is 170 cm³/mol. The van der Waals surface area contributed by atoms with Crippen molar-refractivity contribution in [2.45, 2.75) is 122 Å². The number of aromatic nitrogens is 1. The number of nitrogens with zero attached hydrogens (tertiary/aromatic N) is 2. The first-order valence-electron chi connectivity index (χ1n) is 15.3. The fourth-order valence-electron chi connectivity index (χ4n) is 5.18. The summed E-state index contributed by atoms with van der Waals surface area (Å²) in [6.45, 7) is 16.9. The van der Waals surface area contributed by atoms with Crippen LogP contribution in [0.4, 0.5) is 10.6 Å². The molecule has 1 saturated carbocycles. The van der Waals surface area contributed by atoms with Crippen LogP contribution in [0.3, 0.4) is 0 Å². The average molecular weight is 595 g/mol. The lowest BCUT2D eigenvalue weighted by molar-refractivity contribution is -0.00243. The summed E-state index contributed by atoms with van der Waals surface area (Å²) < 4.78 is 13.2. The molecule has 230 valence electrons. The number of likely N-dealkylation sites (tertiary alicyclic amines) is 1. The summed E-state index contributed by atoms with van der Waals surface area (Å²) in [5.41, 5.74) is 2.04. The topological polar surface area (TPSA) is 92.8 Å². The molecule has 0 radical (unpaired) electrons. The Bertz CT molecular complexity index is 1230. The Labute approximate surface area is 253 Å². The van der Waals surface area contributed by atoms with Crippen molar-refractivity contribution in [3.05, 3.63) is 59.3 Å². The maximum atomic E-state index is 13.9. The van der Waals surface area contributed by atoms with Crippen molar-refractivity contribution in [3.8, 4) is 0 Å². The number of carbonyl (C=O) groups excluding carboxylic acids is 2. The molecule has 1 saturated heterocycles. The van der Waals surface area contributed by atoms with Crippen molar-refractivity contribution in [1.82, 2.24) is 15.2 Å². The zero-order valence-corrected chi connectivity index (χ0v) is 27.9. The van der Waals surface area contributed by atoms with Gasteiger partial charge in [-0.1, -0.05) is 39.0 Å². The normalized spacial score (nSPS) is 20.3. The van der Waals surface area contributed by atoms with E-state index in [1.807, 2.05) is 62.2 Å². The molecule has 1 aliphatic heterocycles. The van der Waals surface area contributed by atoms with Crippen LogP contribution < -0.4 is 10.6 Å². The van der Waals surface area contributed by atoms with Gasteiger partial charge in [0.05, 0.1) is 12.1 Å². The SMILES string of the molecule is CNC(=O)c1ccc(C[C@@H]2CC[C@H]([C@H](O[Si](C)(C)C(C)(C)C)c3ccc(NC4CC4)nc3)N2C(=O)OC(C)(C)C)cc1. The van der Waals surface area contributed by atoms with E-state index < -0.39 is 13.9 Å². The number of nitrogens with one attached hydrogen (secondary N) is 2. The van der Waals surface area contributed by atoms with E-state index in [-0.39, 0.29) is 35.2 Å². The molecule has 3 atom stereocenters. The molecule has 2 aliphatic rings. The molecule has 4 rings (SSSR count). The molecule has 2 heterocycles. The molecule has 2 amide bonds. The van der Waals surface area contributed by atoms with Crippen LogP contribution >= 0.6 is 0 Å². The van der Waals surface area contributed by atoms with E-state index in [9.17, 15) is 9.59 Å². The predicted octanol–water partition coefficient (Wildman–Crippen LogP) is 7.09. The van der Waals surface area contributed by atoms with Crippen LogP contribution in [0.1, 0.15) is 94.8 Å². The molecule has 2 aromatic rings. The first-order valence-corrected chi connectivity index (χ1v) is 18.2. The van der Waals surface area contributed by atoms with Crippen LogP contribution in [0.5, 0.6) is 0 Å². The largest absolute Gasteiger partial charge is 0.444 e. The van der Waals surface area contributed by atoms with Gasteiger partial charge in [0.15, 0.2) is 8.32 Å². The molecule has 42 heavy (non-hydrogen) atoms. The fourth-order valence-corrected chi connectivity index (χ4v) is 6.46. The van der Waals surface area contributed by atoms with E-state index >= 15 is 0 Å². The quantitative estimate of drug-likeness (QED) is 0.301.